The third-order valence-electron chi connectivity index (χ3n) is 1.42. The Morgan fingerprint density at radius 1 is 1.62 bits per heavy atom. The lowest BCUT2D eigenvalue weighted by Gasteiger charge is -2.07. The van der Waals surface area contributed by atoms with E-state index in [2.05, 4.69) is 9.71 Å². The molecule has 0 radical (unpaired) electrons. The quantitative estimate of drug-likeness (QED) is 0.715. The standard InChI is InChI=1S/C7H11N3O2S/c1-13(11,12)10-7-2-3-9-5-6(7)4-8/h2-3,5H,4,8H2,1H3,(H,9,10). The molecular weight excluding hydrogens is 190 g/mol. The average molecular weight is 201 g/mol. The highest BCUT2D eigenvalue weighted by atomic mass is 32.2. The first-order chi connectivity index (χ1) is 6.03. The average Bonchev–Trinajstić information content (AvgIpc) is 2.02. The Kier molecular flexibility index (Phi) is 2.84. The number of nitrogens with zero attached hydrogens (tertiary/aromatic N) is 1. The second-order valence-electron chi connectivity index (χ2n) is 2.61. The fourth-order valence-corrected chi connectivity index (χ4v) is 1.49. The van der Waals surface area contributed by atoms with E-state index in [0.29, 0.717) is 11.3 Å². The van der Waals surface area contributed by atoms with Gasteiger partial charge in [-0.25, -0.2) is 8.42 Å². The Bertz CT molecular complexity index is 388. The Morgan fingerprint density at radius 3 is 2.85 bits per heavy atom. The summed E-state index contributed by atoms with van der Waals surface area (Å²) in [4.78, 5) is 3.83. The summed E-state index contributed by atoms with van der Waals surface area (Å²) in [6.07, 6.45) is 4.13. The van der Waals surface area contributed by atoms with E-state index in [1.165, 1.54) is 12.4 Å². The fraction of sp³-hybridized carbons (Fsp3) is 0.286. The molecule has 0 aliphatic heterocycles. The number of pyridine rings is 1. The molecule has 5 nitrogen and oxygen atoms in total. The van der Waals surface area contributed by atoms with Crippen LogP contribution in [0.3, 0.4) is 0 Å². The number of anilines is 1. The Balaban J connectivity index is 3.01. The van der Waals surface area contributed by atoms with Gasteiger partial charge in [0.15, 0.2) is 0 Å². The zero-order valence-electron chi connectivity index (χ0n) is 7.19. The van der Waals surface area contributed by atoms with Crippen LogP contribution >= 0.6 is 0 Å². The van der Waals surface area contributed by atoms with Crippen molar-refractivity contribution in [2.75, 3.05) is 11.0 Å². The van der Waals surface area contributed by atoms with Gasteiger partial charge in [0.05, 0.1) is 11.9 Å². The van der Waals surface area contributed by atoms with Gasteiger partial charge in [-0.15, -0.1) is 0 Å². The van der Waals surface area contributed by atoms with Crippen LogP contribution in [-0.4, -0.2) is 19.7 Å². The summed E-state index contributed by atoms with van der Waals surface area (Å²) < 4.78 is 24.1. The monoisotopic (exact) mass is 201 g/mol. The molecule has 1 aromatic rings. The van der Waals surface area contributed by atoms with Crippen LogP contribution in [0.1, 0.15) is 5.56 Å². The number of sulfonamides is 1. The molecule has 0 saturated carbocycles. The van der Waals surface area contributed by atoms with E-state index >= 15 is 0 Å². The zero-order chi connectivity index (χ0) is 9.90. The molecule has 0 fully saturated rings. The van der Waals surface area contributed by atoms with Crippen LogP contribution in [0.2, 0.25) is 0 Å². The normalized spacial score (nSPS) is 11.2. The minimum Gasteiger partial charge on any atom is -0.326 e. The molecule has 1 heterocycles. The molecule has 0 aliphatic rings. The van der Waals surface area contributed by atoms with Crippen LogP contribution in [0, 0.1) is 0 Å². The number of nitrogens with one attached hydrogen (secondary N) is 1. The van der Waals surface area contributed by atoms with Crippen molar-refractivity contribution < 1.29 is 8.42 Å². The smallest absolute Gasteiger partial charge is 0.229 e. The van der Waals surface area contributed by atoms with Gasteiger partial charge in [0.25, 0.3) is 0 Å². The highest BCUT2D eigenvalue weighted by molar-refractivity contribution is 7.92. The lowest BCUT2D eigenvalue weighted by Crippen LogP contribution is -2.12. The molecule has 0 spiro atoms. The van der Waals surface area contributed by atoms with Crippen molar-refractivity contribution in [2.24, 2.45) is 5.73 Å². The molecule has 0 atom stereocenters. The van der Waals surface area contributed by atoms with Crippen molar-refractivity contribution in [1.82, 2.24) is 4.98 Å². The minimum atomic E-state index is -3.24. The van der Waals surface area contributed by atoms with Gasteiger partial charge in [0, 0.05) is 24.5 Å². The number of hydrogen-bond acceptors (Lipinski definition) is 4. The number of rotatable bonds is 3. The second-order valence-corrected chi connectivity index (χ2v) is 4.36. The number of hydrogen-bond donors (Lipinski definition) is 2. The van der Waals surface area contributed by atoms with E-state index < -0.39 is 10.0 Å². The van der Waals surface area contributed by atoms with Crippen molar-refractivity contribution in [3.05, 3.63) is 24.0 Å². The molecule has 6 heteroatoms. The van der Waals surface area contributed by atoms with Crippen molar-refractivity contribution >= 4 is 15.7 Å². The predicted octanol–water partition coefficient (Wildman–Crippen LogP) is -0.0882. The van der Waals surface area contributed by atoms with Gasteiger partial charge in [-0.1, -0.05) is 0 Å². The summed E-state index contributed by atoms with van der Waals surface area (Å²) in [5.41, 5.74) is 6.55. The zero-order valence-corrected chi connectivity index (χ0v) is 8.00. The largest absolute Gasteiger partial charge is 0.326 e. The van der Waals surface area contributed by atoms with Gasteiger partial charge in [-0.2, -0.15) is 0 Å². The minimum absolute atomic E-state index is 0.256. The van der Waals surface area contributed by atoms with E-state index in [4.69, 9.17) is 5.73 Å². The summed E-state index contributed by atoms with van der Waals surface area (Å²) >= 11 is 0. The molecule has 0 saturated heterocycles. The van der Waals surface area contributed by atoms with Crippen LogP contribution in [-0.2, 0) is 16.6 Å². The van der Waals surface area contributed by atoms with Gasteiger partial charge >= 0.3 is 0 Å². The fourth-order valence-electron chi connectivity index (χ4n) is 0.889. The first-order valence-corrected chi connectivity index (χ1v) is 5.53. The Labute approximate surface area is 77.0 Å². The van der Waals surface area contributed by atoms with Crippen LogP contribution in [0.5, 0.6) is 0 Å². The van der Waals surface area contributed by atoms with Crippen molar-refractivity contribution in [3.63, 3.8) is 0 Å². The molecular formula is C7H11N3O2S. The van der Waals surface area contributed by atoms with Crippen LogP contribution in [0.15, 0.2) is 18.5 Å². The van der Waals surface area contributed by atoms with Crippen LogP contribution in [0.25, 0.3) is 0 Å². The van der Waals surface area contributed by atoms with Gasteiger partial charge in [0.1, 0.15) is 0 Å². The summed E-state index contributed by atoms with van der Waals surface area (Å²) in [6.45, 7) is 0.256. The van der Waals surface area contributed by atoms with E-state index in [1.807, 2.05) is 0 Å². The highest BCUT2D eigenvalue weighted by Crippen LogP contribution is 2.13. The molecule has 0 aliphatic carbocycles. The molecule has 0 unspecified atom stereocenters. The molecule has 0 amide bonds. The van der Waals surface area contributed by atoms with Gasteiger partial charge in [-0.05, 0) is 6.07 Å². The number of nitrogens with two attached hydrogens (primary N) is 1. The molecule has 0 bridgehead atoms. The van der Waals surface area contributed by atoms with Crippen LogP contribution < -0.4 is 10.5 Å². The van der Waals surface area contributed by atoms with Crippen molar-refractivity contribution in [3.8, 4) is 0 Å². The third kappa shape index (κ3) is 3.00. The maximum atomic E-state index is 10.9. The first-order valence-electron chi connectivity index (χ1n) is 3.63. The maximum Gasteiger partial charge on any atom is 0.229 e. The van der Waals surface area contributed by atoms with Crippen molar-refractivity contribution in [1.29, 1.82) is 0 Å². The highest BCUT2D eigenvalue weighted by Gasteiger charge is 2.05. The summed E-state index contributed by atoms with van der Waals surface area (Å²) in [5, 5.41) is 0. The Hall–Kier alpha value is -1.14. The molecule has 1 rings (SSSR count). The molecule has 1 aromatic heterocycles. The molecule has 0 aromatic carbocycles. The molecule has 3 N–H and O–H groups in total. The number of aromatic nitrogens is 1. The topological polar surface area (TPSA) is 85.1 Å². The lowest BCUT2D eigenvalue weighted by atomic mass is 10.2. The van der Waals surface area contributed by atoms with E-state index in [-0.39, 0.29) is 6.54 Å². The lowest BCUT2D eigenvalue weighted by molar-refractivity contribution is 0.606. The maximum absolute atomic E-state index is 10.9. The molecule has 13 heavy (non-hydrogen) atoms. The van der Waals surface area contributed by atoms with E-state index in [9.17, 15) is 8.42 Å². The second kappa shape index (κ2) is 3.71. The first kappa shape index (κ1) is 9.94. The van der Waals surface area contributed by atoms with Crippen LogP contribution in [0.4, 0.5) is 5.69 Å². The van der Waals surface area contributed by atoms with E-state index in [1.54, 1.807) is 6.07 Å². The van der Waals surface area contributed by atoms with Gasteiger partial charge < -0.3 is 5.73 Å². The predicted molar refractivity (Wildman–Crippen MR) is 50.6 cm³/mol. The summed E-state index contributed by atoms with van der Waals surface area (Å²) in [7, 11) is -3.24. The summed E-state index contributed by atoms with van der Waals surface area (Å²) in [5.74, 6) is 0. The van der Waals surface area contributed by atoms with E-state index in [0.717, 1.165) is 6.26 Å². The van der Waals surface area contributed by atoms with Crippen molar-refractivity contribution in [2.45, 2.75) is 6.54 Å². The van der Waals surface area contributed by atoms with Gasteiger partial charge in [0.2, 0.25) is 10.0 Å². The Morgan fingerprint density at radius 2 is 2.31 bits per heavy atom. The van der Waals surface area contributed by atoms with Gasteiger partial charge in [-0.3, -0.25) is 9.71 Å². The SMILES string of the molecule is CS(=O)(=O)Nc1ccncc1CN. The third-order valence-corrected chi connectivity index (χ3v) is 2.01. The molecule has 72 valence electrons. The summed E-state index contributed by atoms with van der Waals surface area (Å²) in [6, 6.07) is 1.57.